The van der Waals surface area contributed by atoms with Gasteiger partial charge in [-0.3, -0.25) is 0 Å². The van der Waals surface area contributed by atoms with Gasteiger partial charge in [0.2, 0.25) is 0 Å². The number of nitriles is 2. The fourth-order valence-corrected chi connectivity index (χ4v) is 5.60. The van der Waals surface area contributed by atoms with E-state index in [0.717, 1.165) is 55.0 Å². The number of nitrogens with zero attached hydrogens (tertiary/aromatic N) is 4. The van der Waals surface area contributed by atoms with Crippen LogP contribution in [0.15, 0.2) is 109 Å². The van der Waals surface area contributed by atoms with Gasteiger partial charge in [0, 0.05) is 32.9 Å². The molecule has 0 radical (unpaired) electrons. The van der Waals surface area contributed by atoms with Crippen molar-refractivity contribution in [3.8, 4) is 23.5 Å². The molecule has 0 saturated carbocycles. The Kier molecular flexibility index (Phi) is 4.24. The zero-order chi connectivity index (χ0) is 24.2. The van der Waals surface area contributed by atoms with Gasteiger partial charge in [0.15, 0.2) is 0 Å². The van der Waals surface area contributed by atoms with E-state index in [1.807, 2.05) is 97.1 Å². The summed E-state index contributed by atoms with van der Waals surface area (Å²) in [5.41, 5.74) is 6.53. The summed E-state index contributed by atoms with van der Waals surface area (Å²) in [6.45, 7) is 0. The summed E-state index contributed by atoms with van der Waals surface area (Å²) in [5.74, 6) is 0. The highest BCUT2D eigenvalue weighted by Gasteiger charge is 2.27. The van der Waals surface area contributed by atoms with E-state index in [9.17, 15) is 10.5 Å². The molecular formula is C32H18N4. The maximum Gasteiger partial charge on any atom is 0.102 e. The minimum atomic E-state index is 0.574. The lowest BCUT2D eigenvalue weighted by atomic mass is 9.98. The summed E-state index contributed by atoms with van der Waals surface area (Å²) in [6, 6.07) is 41.3. The lowest BCUT2D eigenvalue weighted by Crippen LogP contribution is -1.99. The molecule has 0 N–H and O–H groups in total. The Morgan fingerprint density at radius 3 is 1.19 bits per heavy atom. The summed E-state index contributed by atoms with van der Waals surface area (Å²) in [4.78, 5) is 0. The van der Waals surface area contributed by atoms with Gasteiger partial charge in [0.25, 0.3) is 0 Å². The van der Waals surface area contributed by atoms with Gasteiger partial charge in [0.05, 0.1) is 33.2 Å². The lowest BCUT2D eigenvalue weighted by molar-refractivity contribution is 1.17. The van der Waals surface area contributed by atoms with Gasteiger partial charge in [0.1, 0.15) is 12.1 Å². The smallest absolute Gasteiger partial charge is 0.102 e. The summed E-state index contributed by atoms with van der Waals surface area (Å²) in [5, 5.41) is 24.9. The Hall–Kier alpha value is -5.32. The first-order valence-electron chi connectivity index (χ1n) is 11.8. The highest BCUT2D eigenvalue weighted by molar-refractivity contribution is 6.25. The minimum absolute atomic E-state index is 0.574. The van der Waals surface area contributed by atoms with E-state index < -0.39 is 0 Å². The number of fused-ring (bicyclic) bond motifs is 6. The molecule has 0 amide bonds. The molecule has 0 aliphatic rings. The van der Waals surface area contributed by atoms with Crippen LogP contribution in [-0.2, 0) is 0 Å². The number of hydrogen-bond acceptors (Lipinski definition) is 2. The van der Waals surface area contributed by atoms with E-state index in [-0.39, 0.29) is 0 Å². The predicted molar refractivity (Wildman–Crippen MR) is 145 cm³/mol. The van der Waals surface area contributed by atoms with E-state index in [0.29, 0.717) is 11.1 Å². The third kappa shape index (κ3) is 2.56. The zero-order valence-corrected chi connectivity index (χ0v) is 19.2. The maximum absolute atomic E-state index is 10.7. The van der Waals surface area contributed by atoms with Crippen molar-refractivity contribution < 1.29 is 0 Å². The number of aromatic nitrogens is 2. The first kappa shape index (κ1) is 20.1. The van der Waals surface area contributed by atoms with Crippen LogP contribution < -0.4 is 0 Å². The Balaban J connectivity index is 1.85. The monoisotopic (exact) mass is 458 g/mol. The third-order valence-corrected chi connectivity index (χ3v) is 6.98. The largest absolute Gasteiger partial charge is 0.308 e. The fraction of sp³-hybridized carbons (Fsp3) is 0. The van der Waals surface area contributed by atoms with E-state index in [1.54, 1.807) is 0 Å². The Morgan fingerprint density at radius 1 is 0.444 bits per heavy atom. The van der Waals surface area contributed by atoms with Gasteiger partial charge in [-0.1, -0.05) is 72.8 Å². The van der Waals surface area contributed by atoms with Crippen molar-refractivity contribution in [2.75, 3.05) is 0 Å². The van der Waals surface area contributed by atoms with E-state index in [1.165, 1.54) is 0 Å². The number of rotatable bonds is 2. The van der Waals surface area contributed by atoms with Crippen LogP contribution in [0.4, 0.5) is 0 Å². The van der Waals surface area contributed by atoms with Crippen LogP contribution in [0, 0.1) is 22.7 Å². The molecule has 0 spiro atoms. The SMILES string of the molecule is N#Cc1c2c3ccccc3n(-c3ccccc3)c2c(C#N)c2c3ccccc3n(-c3ccccc3)c12. The van der Waals surface area contributed by atoms with E-state index in [2.05, 4.69) is 33.4 Å². The summed E-state index contributed by atoms with van der Waals surface area (Å²) >= 11 is 0. The van der Waals surface area contributed by atoms with Crippen molar-refractivity contribution in [2.24, 2.45) is 0 Å². The molecule has 36 heavy (non-hydrogen) atoms. The summed E-state index contributed by atoms with van der Waals surface area (Å²) < 4.78 is 4.25. The van der Waals surface area contributed by atoms with Crippen LogP contribution in [-0.4, -0.2) is 9.13 Å². The molecule has 166 valence electrons. The second-order valence-corrected chi connectivity index (χ2v) is 8.80. The zero-order valence-electron chi connectivity index (χ0n) is 19.2. The van der Waals surface area contributed by atoms with Gasteiger partial charge in [-0.05, 0) is 36.4 Å². The second kappa shape index (κ2) is 7.60. The Bertz CT molecular complexity index is 1900. The molecule has 2 heterocycles. The molecule has 0 unspecified atom stereocenters. The number of para-hydroxylation sites is 4. The summed E-state index contributed by atoms with van der Waals surface area (Å²) in [6.07, 6.45) is 0. The van der Waals surface area contributed by atoms with Gasteiger partial charge in [-0.2, -0.15) is 10.5 Å². The van der Waals surface area contributed by atoms with E-state index >= 15 is 0 Å². The van der Waals surface area contributed by atoms with Crippen LogP contribution >= 0.6 is 0 Å². The van der Waals surface area contributed by atoms with Crippen LogP contribution in [0.3, 0.4) is 0 Å². The van der Waals surface area contributed by atoms with Crippen LogP contribution in [0.2, 0.25) is 0 Å². The standard InChI is InChI=1S/C32H18N4/c33-19-25-30-24-16-8-10-18-28(24)36(22-13-5-2-6-14-22)32(30)26(20-34)29-23-15-7-9-17-27(23)35(31(25)29)21-11-3-1-4-12-21/h1-18H. The molecule has 0 aliphatic heterocycles. The molecule has 0 aliphatic carbocycles. The van der Waals surface area contributed by atoms with E-state index in [4.69, 9.17) is 0 Å². The molecule has 0 atom stereocenters. The van der Waals surface area contributed by atoms with Crippen LogP contribution in [0.5, 0.6) is 0 Å². The highest BCUT2D eigenvalue weighted by atomic mass is 15.0. The molecule has 7 rings (SSSR count). The van der Waals surface area contributed by atoms with Crippen molar-refractivity contribution in [2.45, 2.75) is 0 Å². The maximum atomic E-state index is 10.7. The quantitative estimate of drug-likeness (QED) is 0.267. The molecule has 7 aromatic rings. The third-order valence-electron chi connectivity index (χ3n) is 6.98. The summed E-state index contributed by atoms with van der Waals surface area (Å²) in [7, 11) is 0. The minimum Gasteiger partial charge on any atom is -0.308 e. The second-order valence-electron chi connectivity index (χ2n) is 8.80. The average Bonchev–Trinajstić information content (AvgIpc) is 3.47. The molecule has 0 saturated heterocycles. The molecule has 4 heteroatoms. The van der Waals surface area contributed by atoms with Crippen molar-refractivity contribution in [1.29, 1.82) is 10.5 Å². The number of benzene rings is 5. The van der Waals surface area contributed by atoms with Crippen molar-refractivity contribution >= 4 is 43.6 Å². The average molecular weight is 459 g/mol. The van der Waals surface area contributed by atoms with Crippen molar-refractivity contribution in [1.82, 2.24) is 9.13 Å². The highest BCUT2D eigenvalue weighted by Crippen LogP contribution is 2.44. The van der Waals surface area contributed by atoms with Gasteiger partial charge in [-0.15, -0.1) is 0 Å². The van der Waals surface area contributed by atoms with Gasteiger partial charge in [-0.25, -0.2) is 0 Å². The lowest BCUT2D eigenvalue weighted by Gasteiger charge is -2.12. The van der Waals surface area contributed by atoms with Crippen molar-refractivity contribution in [3.05, 3.63) is 120 Å². The fourth-order valence-electron chi connectivity index (χ4n) is 5.60. The topological polar surface area (TPSA) is 57.4 Å². The van der Waals surface area contributed by atoms with Gasteiger partial charge >= 0.3 is 0 Å². The first-order chi connectivity index (χ1) is 17.8. The normalized spacial score (nSPS) is 11.3. The molecule has 0 fully saturated rings. The molecule has 0 bridgehead atoms. The van der Waals surface area contributed by atoms with Crippen molar-refractivity contribution in [3.63, 3.8) is 0 Å². The van der Waals surface area contributed by atoms with Crippen LogP contribution in [0.1, 0.15) is 11.1 Å². The van der Waals surface area contributed by atoms with Gasteiger partial charge < -0.3 is 9.13 Å². The molecular weight excluding hydrogens is 440 g/mol. The molecule has 5 aromatic carbocycles. The predicted octanol–water partition coefficient (Wildman–Crippen LogP) is 7.62. The number of hydrogen-bond donors (Lipinski definition) is 0. The molecule has 4 nitrogen and oxygen atoms in total. The Labute approximate surface area is 207 Å². The van der Waals surface area contributed by atoms with Crippen LogP contribution in [0.25, 0.3) is 55.0 Å². The molecule has 2 aromatic heterocycles. The first-order valence-corrected chi connectivity index (χ1v) is 11.8. The Morgan fingerprint density at radius 2 is 0.806 bits per heavy atom.